The molecule has 4 nitrogen and oxygen atoms in total. The molecule has 0 saturated heterocycles. The van der Waals surface area contributed by atoms with E-state index in [9.17, 15) is 0 Å². The van der Waals surface area contributed by atoms with Gasteiger partial charge >= 0.3 is 0 Å². The van der Waals surface area contributed by atoms with Gasteiger partial charge in [-0.05, 0) is 74.3 Å². The molecule has 1 heterocycles. The van der Waals surface area contributed by atoms with Gasteiger partial charge in [0.1, 0.15) is 11.4 Å². The maximum Gasteiger partial charge on any atom is 0.149 e. The van der Waals surface area contributed by atoms with Crippen molar-refractivity contribution in [3.63, 3.8) is 0 Å². The number of nitrogens with two attached hydrogens (primary N) is 1. The first-order chi connectivity index (χ1) is 13.1. The van der Waals surface area contributed by atoms with Crippen molar-refractivity contribution in [1.82, 2.24) is 5.06 Å². The van der Waals surface area contributed by atoms with E-state index in [2.05, 4.69) is 36.1 Å². The van der Waals surface area contributed by atoms with E-state index < -0.39 is 5.60 Å². The second-order valence-electron chi connectivity index (χ2n) is 8.70. The molecular weight excluding hydrogens is 336 g/mol. The monoisotopic (exact) mass is 364 g/mol. The second-order valence-corrected chi connectivity index (χ2v) is 8.70. The highest BCUT2D eigenvalue weighted by atomic mass is 16.7. The van der Waals surface area contributed by atoms with Gasteiger partial charge in [0.15, 0.2) is 0 Å². The first-order valence-electron chi connectivity index (χ1n) is 10.1. The Labute approximate surface area is 161 Å². The minimum absolute atomic E-state index is 0.0439. The van der Waals surface area contributed by atoms with Crippen LogP contribution in [0.5, 0.6) is 0 Å². The summed E-state index contributed by atoms with van der Waals surface area (Å²) in [6, 6.07) is 6.69. The van der Waals surface area contributed by atoms with E-state index in [4.69, 9.17) is 15.3 Å². The van der Waals surface area contributed by atoms with E-state index in [-0.39, 0.29) is 5.41 Å². The van der Waals surface area contributed by atoms with Crippen LogP contribution in [0.15, 0.2) is 30.1 Å². The largest absolute Gasteiger partial charge is 0.384 e. The molecule has 2 N–H and O–H groups in total. The number of benzene rings is 1. The molecular formula is C23H28N2O2. The average molecular weight is 364 g/mol. The van der Waals surface area contributed by atoms with Crippen LogP contribution in [-0.4, -0.2) is 25.3 Å². The van der Waals surface area contributed by atoms with Crippen LogP contribution < -0.4 is 5.73 Å². The molecule has 5 rings (SSSR count). The molecule has 1 aromatic rings. The van der Waals surface area contributed by atoms with Gasteiger partial charge in [0.2, 0.25) is 0 Å². The van der Waals surface area contributed by atoms with Crippen LogP contribution in [0, 0.1) is 23.2 Å². The smallest absolute Gasteiger partial charge is 0.149 e. The molecule has 4 aliphatic rings. The van der Waals surface area contributed by atoms with Crippen molar-refractivity contribution < 1.29 is 9.57 Å². The second kappa shape index (κ2) is 6.02. The lowest BCUT2D eigenvalue weighted by Gasteiger charge is -2.46. The van der Waals surface area contributed by atoms with E-state index in [0.717, 1.165) is 37.7 Å². The van der Waals surface area contributed by atoms with E-state index in [1.807, 2.05) is 14.2 Å². The maximum absolute atomic E-state index is 6.53. The van der Waals surface area contributed by atoms with E-state index in [0.29, 0.717) is 17.8 Å². The summed E-state index contributed by atoms with van der Waals surface area (Å²) in [6.07, 6.45) is 10.4. The predicted octanol–water partition coefficient (Wildman–Crippen LogP) is 3.45. The molecule has 0 amide bonds. The number of ether oxygens (including phenoxy) is 1. The number of fused-ring (bicyclic) bond motifs is 3. The highest BCUT2D eigenvalue weighted by Gasteiger charge is 2.61. The highest BCUT2D eigenvalue weighted by Crippen LogP contribution is 2.62. The lowest BCUT2D eigenvalue weighted by Crippen LogP contribution is -2.46. The molecule has 142 valence electrons. The Morgan fingerprint density at radius 1 is 1.22 bits per heavy atom. The summed E-state index contributed by atoms with van der Waals surface area (Å²) in [4.78, 5) is 6.53. The Morgan fingerprint density at radius 3 is 2.63 bits per heavy atom. The van der Waals surface area contributed by atoms with E-state index in [1.165, 1.54) is 24.0 Å². The Kier molecular flexibility index (Phi) is 3.83. The van der Waals surface area contributed by atoms with Crippen molar-refractivity contribution in [1.29, 1.82) is 0 Å². The molecule has 2 saturated carbocycles. The van der Waals surface area contributed by atoms with Crippen LogP contribution in [0.25, 0.3) is 0 Å². The summed E-state index contributed by atoms with van der Waals surface area (Å²) in [7, 11) is 3.73. The van der Waals surface area contributed by atoms with Crippen LogP contribution in [0.3, 0.4) is 0 Å². The summed E-state index contributed by atoms with van der Waals surface area (Å²) in [6.45, 7) is 0. The topological polar surface area (TPSA) is 47.7 Å². The third kappa shape index (κ3) is 2.60. The summed E-state index contributed by atoms with van der Waals surface area (Å²) in [5, 5.41) is 1.74. The molecule has 1 aromatic carbocycles. The Balaban J connectivity index is 1.58. The number of hydrogen-bond donors (Lipinski definition) is 1. The number of hydrogen-bond acceptors (Lipinski definition) is 4. The third-order valence-electron chi connectivity index (χ3n) is 7.04. The predicted molar refractivity (Wildman–Crippen MR) is 104 cm³/mol. The van der Waals surface area contributed by atoms with E-state index >= 15 is 0 Å². The molecule has 2 spiro atoms. The molecule has 1 unspecified atom stereocenters. The fraction of sp³-hybridized carbons (Fsp3) is 0.565. The minimum Gasteiger partial charge on any atom is -0.384 e. The van der Waals surface area contributed by atoms with E-state index in [1.54, 1.807) is 5.06 Å². The van der Waals surface area contributed by atoms with Gasteiger partial charge in [0.05, 0.1) is 6.10 Å². The first kappa shape index (κ1) is 17.2. The molecule has 0 bridgehead atoms. The fourth-order valence-electron chi connectivity index (χ4n) is 5.25. The van der Waals surface area contributed by atoms with Crippen molar-refractivity contribution >= 4 is 0 Å². The van der Waals surface area contributed by atoms with Crippen LogP contribution in [-0.2, 0) is 21.6 Å². The summed E-state index contributed by atoms with van der Waals surface area (Å²) in [5.74, 6) is 8.07. The van der Waals surface area contributed by atoms with Gasteiger partial charge in [-0.25, -0.2) is 5.06 Å². The quantitative estimate of drug-likeness (QED) is 0.776. The van der Waals surface area contributed by atoms with Crippen molar-refractivity contribution in [3.8, 4) is 11.8 Å². The zero-order valence-electron chi connectivity index (χ0n) is 16.3. The molecule has 0 aromatic heterocycles. The number of nitrogens with zero attached hydrogens (tertiary/aromatic N) is 1. The lowest BCUT2D eigenvalue weighted by molar-refractivity contribution is -0.228. The van der Waals surface area contributed by atoms with Gasteiger partial charge in [0, 0.05) is 31.1 Å². The zero-order chi connectivity index (χ0) is 18.6. The molecule has 0 radical (unpaired) electrons. The Bertz CT molecular complexity index is 853. The van der Waals surface area contributed by atoms with Gasteiger partial charge in [0.25, 0.3) is 0 Å². The van der Waals surface area contributed by atoms with Crippen LogP contribution in [0.1, 0.15) is 55.2 Å². The SMILES string of the molecule is COC1CCC2(CC1)Cc1ccc(C#CC3CC3)cc1C21C=C(N)N(C)O1. The maximum atomic E-state index is 6.53. The van der Waals surface area contributed by atoms with Gasteiger partial charge < -0.3 is 10.5 Å². The molecule has 1 aliphatic heterocycles. The van der Waals surface area contributed by atoms with Gasteiger partial charge in [-0.3, -0.25) is 4.84 Å². The Morgan fingerprint density at radius 2 is 2.00 bits per heavy atom. The van der Waals surface area contributed by atoms with Crippen molar-refractivity contribution in [2.45, 2.75) is 56.7 Å². The number of rotatable bonds is 1. The fourth-order valence-corrected chi connectivity index (χ4v) is 5.25. The Hall–Kier alpha value is -1.96. The van der Waals surface area contributed by atoms with Crippen molar-refractivity contribution in [3.05, 3.63) is 46.8 Å². The van der Waals surface area contributed by atoms with Crippen LogP contribution in [0.2, 0.25) is 0 Å². The highest BCUT2D eigenvalue weighted by molar-refractivity contribution is 5.52. The van der Waals surface area contributed by atoms with Gasteiger partial charge in [-0.15, -0.1) is 0 Å². The van der Waals surface area contributed by atoms with Crippen LogP contribution in [0.4, 0.5) is 0 Å². The number of methoxy groups -OCH3 is 1. The first-order valence-corrected chi connectivity index (χ1v) is 10.1. The van der Waals surface area contributed by atoms with Crippen LogP contribution >= 0.6 is 0 Å². The van der Waals surface area contributed by atoms with Gasteiger partial charge in [-0.2, -0.15) is 0 Å². The molecule has 4 heteroatoms. The third-order valence-corrected chi connectivity index (χ3v) is 7.04. The number of hydroxylamine groups is 2. The average Bonchev–Trinajstić information content (AvgIpc) is 3.41. The van der Waals surface area contributed by atoms with Crippen molar-refractivity contribution in [2.24, 2.45) is 17.1 Å². The molecule has 1 atom stereocenters. The minimum atomic E-state index is -0.475. The normalized spacial score (nSPS) is 34.5. The summed E-state index contributed by atoms with van der Waals surface area (Å²) < 4.78 is 5.63. The molecule has 2 fully saturated rings. The van der Waals surface area contributed by atoms with Crippen molar-refractivity contribution in [2.75, 3.05) is 14.2 Å². The lowest BCUT2D eigenvalue weighted by atomic mass is 9.63. The summed E-state index contributed by atoms with van der Waals surface area (Å²) >= 11 is 0. The molecule has 27 heavy (non-hydrogen) atoms. The van der Waals surface area contributed by atoms with Gasteiger partial charge in [-0.1, -0.05) is 17.9 Å². The zero-order valence-corrected chi connectivity index (χ0v) is 16.3. The molecule has 3 aliphatic carbocycles. The summed E-state index contributed by atoms with van der Waals surface area (Å²) in [5.41, 5.74) is 9.58. The standard InChI is InChI=1S/C23H28N2O2/c1-25-21(24)15-23(27-25)20-13-17(6-5-16-3-4-16)7-8-18(20)14-22(23)11-9-19(26-2)10-12-22/h7-8,13,15-16,19H,3-4,9-12,14,24H2,1-2H3.